The predicted molar refractivity (Wildman–Crippen MR) is 134 cm³/mol. The van der Waals surface area contributed by atoms with E-state index in [4.69, 9.17) is 18.8 Å². The molecular formula is C27H23N5O3. The van der Waals surface area contributed by atoms with Gasteiger partial charge in [0.15, 0.2) is 11.5 Å². The Labute approximate surface area is 201 Å². The maximum Gasteiger partial charge on any atom is 0.321 e. The second-order valence-corrected chi connectivity index (χ2v) is 8.32. The summed E-state index contributed by atoms with van der Waals surface area (Å²) in [7, 11) is 0. The normalized spacial score (nSPS) is 13.8. The van der Waals surface area contributed by atoms with E-state index in [1.54, 1.807) is 18.6 Å². The number of rotatable bonds is 4. The van der Waals surface area contributed by atoms with Gasteiger partial charge in [-0.2, -0.15) is 0 Å². The number of para-hydroxylation sites is 1. The van der Waals surface area contributed by atoms with Crippen molar-refractivity contribution in [3.63, 3.8) is 0 Å². The van der Waals surface area contributed by atoms with Gasteiger partial charge in [-0.1, -0.05) is 18.2 Å². The first-order valence-corrected chi connectivity index (χ1v) is 11.5. The molecule has 174 valence electrons. The van der Waals surface area contributed by atoms with E-state index in [0.29, 0.717) is 52.7 Å². The number of carbonyl (C=O) groups excluding carboxylic acids is 1. The first-order chi connectivity index (χ1) is 17.2. The lowest BCUT2D eigenvalue weighted by Crippen LogP contribution is -2.50. The number of benzene rings is 2. The number of carbonyl (C=O) groups is 1. The van der Waals surface area contributed by atoms with Crippen LogP contribution < -0.4 is 10.2 Å². The molecule has 0 aliphatic carbocycles. The highest BCUT2D eigenvalue weighted by atomic mass is 16.3. The van der Waals surface area contributed by atoms with Gasteiger partial charge in [-0.05, 0) is 54.6 Å². The molecule has 1 aliphatic rings. The summed E-state index contributed by atoms with van der Waals surface area (Å²) in [5.74, 6) is 1.20. The van der Waals surface area contributed by atoms with Crippen LogP contribution in [0.4, 0.5) is 16.2 Å². The minimum absolute atomic E-state index is 0.122. The number of hydrogen-bond donors (Lipinski definition) is 1. The largest absolute Gasteiger partial charge is 0.463 e. The number of nitrogens with one attached hydrogen (secondary N) is 1. The standard InChI is InChI=1S/C27H23N5O3/c33-27(32-14-12-31(13-15-32)20-6-2-1-3-7-20)28-19-10-11-21-22(18-19)30-26(24-9-5-17-35-24)25(29-21)23-8-4-16-34-23/h1-11,16-18H,12-15H2,(H,28,33). The Kier molecular flexibility index (Phi) is 5.38. The molecule has 0 spiro atoms. The fourth-order valence-electron chi connectivity index (χ4n) is 4.31. The van der Waals surface area contributed by atoms with Crippen LogP contribution in [0.15, 0.2) is 94.2 Å². The first kappa shape index (κ1) is 21.0. The number of amides is 2. The van der Waals surface area contributed by atoms with Gasteiger partial charge in [0.05, 0.1) is 23.6 Å². The molecule has 1 aliphatic heterocycles. The van der Waals surface area contributed by atoms with E-state index in [1.807, 2.05) is 59.5 Å². The van der Waals surface area contributed by atoms with Crippen LogP contribution in [0.1, 0.15) is 0 Å². The zero-order chi connectivity index (χ0) is 23.6. The van der Waals surface area contributed by atoms with Crippen molar-refractivity contribution in [1.82, 2.24) is 14.9 Å². The molecule has 1 saturated heterocycles. The Hall–Kier alpha value is -4.59. The summed E-state index contributed by atoms with van der Waals surface area (Å²) in [6, 6.07) is 23.0. The quantitative estimate of drug-likeness (QED) is 0.377. The van der Waals surface area contributed by atoms with Crippen LogP contribution in [0.3, 0.4) is 0 Å². The molecular weight excluding hydrogens is 442 g/mol. The second-order valence-electron chi connectivity index (χ2n) is 8.32. The molecule has 0 atom stereocenters. The molecule has 2 amide bonds. The summed E-state index contributed by atoms with van der Waals surface area (Å²) in [4.78, 5) is 26.7. The van der Waals surface area contributed by atoms with Crippen LogP contribution in [0.5, 0.6) is 0 Å². The molecule has 0 saturated carbocycles. The number of piperazine rings is 1. The van der Waals surface area contributed by atoms with E-state index >= 15 is 0 Å². The summed E-state index contributed by atoms with van der Waals surface area (Å²) in [5, 5.41) is 3.01. The summed E-state index contributed by atoms with van der Waals surface area (Å²) < 4.78 is 11.2. The number of furan rings is 2. The van der Waals surface area contributed by atoms with Crippen LogP contribution in [0.25, 0.3) is 33.9 Å². The highest BCUT2D eigenvalue weighted by molar-refractivity contribution is 5.93. The lowest BCUT2D eigenvalue weighted by atomic mass is 10.1. The summed E-state index contributed by atoms with van der Waals surface area (Å²) in [5.41, 5.74) is 4.38. The average Bonchev–Trinajstić information content (AvgIpc) is 3.63. The molecule has 6 rings (SSSR count). The van der Waals surface area contributed by atoms with E-state index in [0.717, 1.165) is 13.1 Å². The summed E-state index contributed by atoms with van der Waals surface area (Å²) in [6.45, 7) is 2.90. The Morgan fingerprint density at radius 3 is 2.03 bits per heavy atom. The first-order valence-electron chi connectivity index (χ1n) is 11.5. The Morgan fingerprint density at radius 2 is 1.40 bits per heavy atom. The van der Waals surface area contributed by atoms with Gasteiger partial charge in [0.2, 0.25) is 0 Å². The molecule has 2 aromatic carbocycles. The van der Waals surface area contributed by atoms with Gasteiger partial charge in [-0.3, -0.25) is 0 Å². The Balaban J connectivity index is 1.22. The van der Waals surface area contributed by atoms with Crippen LogP contribution in [-0.2, 0) is 0 Å². The number of hydrogen-bond acceptors (Lipinski definition) is 6. The van der Waals surface area contributed by atoms with E-state index < -0.39 is 0 Å². The van der Waals surface area contributed by atoms with Crippen molar-refractivity contribution >= 4 is 28.4 Å². The van der Waals surface area contributed by atoms with Crippen molar-refractivity contribution in [3.8, 4) is 22.9 Å². The number of fused-ring (bicyclic) bond motifs is 1. The van der Waals surface area contributed by atoms with Crippen LogP contribution in [0.2, 0.25) is 0 Å². The molecule has 8 heteroatoms. The zero-order valence-electron chi connectivity index (χ0n) is 18.9. The molecule has 0 bridgehead atoms. The van der Waals surface area contributed by atoms with Crippen molar-refractivity contribution < 1.29 is 13.6 Å². The SMILES string of the molecule is O=C(Nc1ccc2nc(-c3ccco3)c(-c3ccco3)nc2c1)N1CCN(c2ccccc2)CC1. The van der Waals surface area contributed by atoms with E-state index in [2.05, 4.69) is 22.3 Å². The Morgan fingerprint density at radius 1 is 0.743 bits per heavy atom. The van der Waals surface area contributed by atoms with E-state index in [9.17, 15) is 4.79 Å². The molecule has 1 N–H and O–H groups in total. The lowest BCUT2D eigenvalue weighted by molar-refractivity contribution is 0.208. The predicted octanol–water partition coefficient (Wildman–Crippen LogP) is 5.50. The van der Waals surface area contributed by atoms with Gasteiger partial charge in [0.25, 0.3) is 0 Å². The maximum atomic E-state index is 12.9. The number of anilines is 2. The van der Waals surface area contributed by atoms with Gasteiger partial charge in [0.1, 0.15) is 11.4 Å². The van der Waals surface area contributed by atoms with Crippen molar-refractivity contribution in [3.05, 3.63) is 85.3 Å². The molecule has 35 heavy (non-hydrogen) atoms. The molecule has 5 aromatic rings. The molecule has 3 aromatic heterocycles. The third-order valence-corrected chi connectivity index (χ3v) is 6.11. The van der Waals surface area contributed by atoms with Crippen molar-refractivity contribution in [2.24, 2.45) is 0 Å². The highest BCUT2D eigenvalue weighted by Crippen LogP contribution is 2.32. The van der Waals surface area contributed by atoms with Gasteiger partial charge in [-0.25, -0.2) is 14.8 Å². The van der Waals surface area contributed by atoms with Crippen LogP contribution >= 0.6 is 0 Å². The summed E-state index contributed by atoms with van der Waals surface area (Å²) in [6.07, 6.45) is 3.20. The van der Waals surface area contributed by atoms with Gasteiger partial charge >= 0.3 is 6.03 Å². The minimum atomic E-state index is -0.122. The van der Waals surface area contributed by atoms with Crippen molar-refractivity contribution in [2.75, 3.05) is 36.4 Å². The lowest BCUT2D eigenvalue weighted by Gasteiger charge is -2.36. The van der Waals surface area contributed by atoms with Crippen molar-refractivity contribution in [1.29, 1.82) is 0 Å². The fourth-order valence-corrected chi connectivity index (χ4v) is 4.31. The molecule has 4 heterocycles. The topological polar surface area (TPSA) is 87.6 Å². The van der Waals surface area contributed by atoms with E-state index in [1.165, 1.54) is 5.69 Å². The molecule has 8 nitrogen and oxygen atoms in total. The zero-order valence-corrected chi connectivity index (χ0v) is 18.9. The van der Waals surface area contributed by atoms with Crippen LogP contribution in [0, 0.1) is 0 Å². The van der Waals surface area contributed by atoms with Crippen molar-refractivity contribution in [2.45, 2.75) is 0 Å². The fraction of sp³-hybridized carbons (Fsp3) is 0.148. The minimum Gasteiger partial charge on any atom is -0.463 e. The number of aromatic nitrogens is 2. The smallest absolute Gasteiger partial charge is 0.321 e. The monoisotopic (exact) mass is 465 g/mol. The van der Waals surface area contributed by atoms with Gasteiger partial charge < -0.3 is 24.0 Å². The highest BCUT2D eigenvalue weighted by Gasteiger charge is 2.22. The maximum absolute atomic E-state index is 12.9. The third kappa shape index (κ3) is 4.21. The average molecular weight is 466 g/mol. The van der Waals surface area contributed by atoms with Gasteiger partial charge in [0, 0.05) is 37.6 Å². The number of nitrogens with zero attached hydrogens (tertiary/aromatic N) is 4. The second kappa shape index (κ2) is 8.98. The van der Waals surface area contributed by atoms with Gasteiger partial charge in [-0.15, -0.1) is 0 Å². The number of urea groups is 1. The summed E-state index contributed by atoms with van der Waals surface area (Å²) >= 11 is 0. The molecule has 1 fully saturated rings. The van der Waals surface area contributed by atoms with Crippen LogP contribution in [-0.4, -0.2) is 47.1 Å². The van der Waals surface area contributed by atoms with E-state index in [-0.39, 0.29) is 6.03 Å². The third-order valence-electron chi connectivity index (χ3n) is 6.11. The molecule has 0 unspecified atom stereocenters. The Bertz CT molecular complexity index is 1440. The molecule has 0 radical (unpaired) electrons.